The molecule has 1 fully saturated rings. The maximum Gasteiger partial charge on any atom is 0.407 e. The summed E-state index contributed by atoms with van der Waals surface area (Å²) in [6.45, 7) is 4.94. The predicted molar refractivity (Wildman–Crippen MR) is 109 cm³/mol. The summed E-state index contributed by atoms with van der Waals surface area (Å²) in [6, 6.07) is 19.8. The molecular formula is C23H26N2O3. The van der Waals surface area contributed by atoms with E-state index in [0.717, 1.165) is 11.1 Å². The lowest BCUT2D eigenvalue weighted by Crippen LogP contribution is -2.48. The van der Waals surface area contributed by atoms with E-state index in [0.29, 0.717) is 25.9 Å². The van der Waals surface area contributed by atoms with E-state index in [2.05, 4.69) is 11.9 Å². The minimum absolute atomic E-state index is 0.0215. The van der Waals surface area contributed by atoms with Gasteiger partial charge in [-0.2, -0.15) is 0 Å². The van der Waals surface area contributed by atoms with Crippen LogP contribution < -0.4 is 5.32 Å². The van der Waals surface area contributed by atoms with Gasteiger partial charge in [-0.15, -0.1) is 0 Å². The molecule has 0 bridgehead atoms. The van der Waals surface area contributed by atoms with Crippen LogP contribution in [0.3, 0.4) is 0 Å². The second kappa shape index (κ2) is 9.74. The quantitative estimate of drug-likeness (QED) is 0.780. The first-order valence-electron chi connectivity index (χ1n) is 9.62. The third-order valence-corrected chi connectivity index (χ3v) is 4.97. The zero-order valence-corrected chi connectivity index (χ0v) is 15.9. The van der Waals surface area contributed by atoms with Crippen LogP contribution in [0.4, 0.5) is 4.79 Å². The van der Waals surface area contributed by atoms with Gasteiger partial charge in [0, 0.05) is 19.1 Å². The average molecular weight is 378 g/mol. The molecule has 1 N–H and O–H groups in total. The lowest BCUT2D eigenvalue weighted by atomic mass is 9.89. The zero-order valence-electron chi connectivity index (χ0n) is 15.9. The number of benzene rings is 2. The van der Waals surface area contributed by atoms with E-state index < -0.39 is 6.09 Å². The fourth-order valence-electron chi connectivity index (χ4n) is 3.54. The van der Waals surface area contributed by atoms with Gasteiger partial charge < -0.3 is 15.0 Å². The molecule has 0 spiro atoms. The third-order valence-electron chi connectivity index (χ3n) is 4.97. The predicted octanol–water partition coefficient (Wildman–Crippen LogP) is 3.72. The number of ether oxygens (including phenoxy) is 1. The van der Waals surface area contributed by atoms with Gasteiger partial charge in [-0.1, -0.05) is 73.3 Å². The van der Waals surface area contributed by atoms with Gasteiger partial charge in [-0.25, -0.2) is 4.79 Å². The van der Waals surface area contributed by atoms with Crippen molar-refractivity contribution >= 4 is 12.0 Å². The van der Waals surface area contributed by atoms with Crippen molar-refractivity contribution in [1.82, 2.24) is 10.2 Å². The van der Waals surface area contributed by atoms with Gasteiger partial charge in [0.15, 0.2) is 0 Å². The summed E-state index contributed by atoms with van der Waals surface area (Å²) in [6.07, 6.45) is 2.53. The topological polar surface area (TPSA) is 58.6 Å². The Balaban J connectivity index is 1.66. The van der Waals surface area contributed by atoms with Crippen LogP contribution in [0.5, 0.6) is 0 Å². The van der Waals surface area contributed by atoms with Crippen LogP contribution in [-0.2, 0) is 9.53 Å². The first-order valence-corrected chi connectivity index (χ1v) is 9.62. The molecule has 0 saturated carbocycles. The van der Waals surface area contributed by atoms with Gasteiger partial charge >= 0.3 is 6.09 Å². The lowest BCUT2D eigenvalue weighted by Gasteiger charge is -2.34. The van der Waals surface area contributed by atoms with E-state index in [1.165, 1.54) is 6.08 Å². The second-order valence-electron chi connectivity index (χ2n) is 6.89. The van der Waals surface area contributed by atoms with Crippen molar-refractivity contribution < 1.29 is 14.3 Å². The smallest absolute Gasteiger partial charge is 0.407 e. The van der Waals surface area contributed by atoms with Gasteiger partial charge in [0.2, 0.25) is 5.91 Å². The standard InChI is InChI=1S/C23H26N2O3/c1-2-17-28-23(27)24-20-13-15-25(16-14-20)22(26)21(18-9-5-3-6-10-18)19-11-7-4-8-12-19/h2-12,20-21H,1,13-17H2,(H,24,27). The van der Waals surface area contributed by atoms with Gasteiger partial charge in [0.1, 0.15) is 6.61 Å². The first kappa shape index (κ1) is 19.7. The van der Waals surface area contributed by atoms with Gasteiger partial charge in [0.25, 0.3) is 0 Å². The monoisotopic (exact) mass is 378 g/mol. The molecule has 1 heterocycles. The molecule has 0 radical (unpaired) electrons. The Kier molecular flexibility index (Phi) is 6.84. The average Bonchev–Trinajstić information content (AvgIpc) is 2.74. The Labute approximate surface area is 166 Å². The zero-order chi connectivity index (χ0) is 19.8. The molecule has 5 nitrogen and oxygen atoms in total. The van der Waals surface area contributed by atoms with Crippen molar-refractivity contribution in [1.29, 1.82) is 0 Å². The van der Waals surface area contributed by atoms with Gasteiger partial charge in [-0.3, -0.25) is 4.79 Å². The maximum atomic E-state index is 13.4. The normalized spacial score (nSPS) is 14.5. The number of rotatable bonds is 6. The van der Waals surface area contributed by atoms with Crippen LogP contribution in [0.15, 0.2) is 73.3 Å². The molecule has 2 aromatic rings. The molecule has 0 aliphatic carbocycles. The van der Waals surface area contributed by atoms with Crippen molar-refractivity contribution in [3.05, 3.63) is 84.4 Å². The van der Waals surface area contributed by atoms with E-state index in [1.807, 2.05) is 65.6 Å². The van der Waals surface area contributed by atoms with Crippen molar-refractivity contribution in [3.8, 4) is 0 Å². The highest BCUT2D eigenvalue weighted by Gasteiger charge is 2.30. The third kappa shape index (κ3) is 5.00. The van der Waals surface area contributed by atoms with Crippen molar-refractivity contribution in [2.75, 3.05) is 19.7 Å². The molecule has 2 aromatic carbocycles. The number of piperidine rings is 1. The van der Waals surface area contributed by atoms with E-state index in [1.54, 1.807) is 0 Å². The molecule has 1 aliphatic heterocycles. The minimum atomic E-state index is -0.434. The number of alkyl carbamates (subject to hydrolysis) is 1. The van der Waals surface area contributed by atoms with Gasteiger partial charge in [0.05, 0.1) is 5.92 Å². The number of nitrogens with zero attached hydrogens (tertiary/aromatic N) is 1. The van der Waals surface area contributed by atoms with Crippen molar-refractivity contribution in [3.63, 3.8) is 0 Å². The number of carbonyl (C=O) groups excluding carboxylic acids is 2. The SMILES string of the molecule is C=CCOC(=O)NC1CCN(C(=O)C(c2ccccc2)c2ccccc2)CC1. The first-order chi connectivity index (χ1) is 13.7. The summed E-state index contributed by atoms with van der Waals surface area (Å²) in [5.41, 5.74) is 1.99. The van der Waals surface area contributed by atoms with Crippen LogP contribution in [0.2, 0.25) is 0 Å². The van der Waals surface area contributed by atoms with E-state index in [9.17, 15) is 9.59 Å². The highest BCUT2D eigenvalue weighted by Crippen LogP contribution is 2.28. The summed E-state index contributed by atoms with van der Waals surface area (Å²) in [4.78, 5) is 27.0. The van der Waals surface area contributed by atoms with Crippen LogP contribution in [0.1, 0.15) is 29.9 Å². The molecule has 1 saturated heterocycles. The fourth-order valence-corrected chi connectivity index (χ4v) is 3.54. The Morgan fingerprint density at radius 2 is 1.57 bits per heavy atom. The second-order valence-corrected chi connectivity index (χ2v) is 6.89. The summed E-state index contributed by atoms with van der Waals surface area (Å²) < 4.78 is 4.97. The molecular weight excluding hydrogens is 352 g/mol. The Bertz CT molecular complexity index is 745. The number of likely N-dealkylation sites (tertiary alicyclic amines) is 1. The molecule has 0 unspecified atom stereocenters. The molecule has 2 amide bonds. The van der Waals surface area contributed by atoms with E-state index in [-0.39, 0.29) is 24.5 Å². The van der Waals surface area contributed by atoms with Crippen LogP contribution in [0.25, 0.3) is 0 Å². The Morgan fingerprint density at radius 1 is 1.04 bits per heavy atom. The summed E-state index contributed by atoms with van der Waals surface area (Å²) >= 11 is 0. The molecule has 5 heteroatoms. The molecule has 0 atom stereocenters. The van der Waals surface area contributed by atoms with Crippen LogP contribution in [-0.4, -0.2) is 42.6 Å². The molecule has 1 aliphatic rings. The summed E-state index contributed by atoms with van der Waals surface area (Å²) in [5.74, 6) is -0.213. The van der Waals surface area contributed by atoms with Gasteiger partial charge in [-0.05, 0) is 24.0 Å². The number of nitrogens with one attached hydrogen (secondary N) is 1. The fraction of sp³-hybridized carbons (Fsp3) is 0.304. The lowest BCUT2D eigenvalue weighted by molar-refractivity contribution is -0.132. The number of amides is 2. The van der Waals surface area contributed by atoms with E-state index >= 15 is 0 Å². The van der Waals surface area contributed by atoms with Crippen LogP contribution in [0, 0.1) is 0 Å². The molecule has 28 heavy (non-hydrogen) atoms. The number of hydrogen-bond acceptors (Lipinski definition) is 3. The van der Waals surface area contributed by atoms with Crippen LogP contribution >= 0.6 is 0 Å². The number of carbonyl (C=O) groups is 2. The van der Waals surface area contributed by atoms with Crippen molar-refractivity contribution in [2.24, 2.45) is 0 Å². The maximum absolute atomic E-state index is 13.4. The van der Waals surface area contributed by atoms with E-state index in [4.69, 9.17) is 4.74 Å². The van der Waals surface area contributed by atoms with Crippen molar-refractivity contribution in [2.45, 2.75) is 24.8 Å². The summed E-state index contributed by atoms with van der Waals surface area (Å²) in [7, 11) is 0. The molecule has 146 valence electrons. The molecule has 3 rings (SSSR count). The largest absolute Gasteiger partial charge is 0.445 e. The summed E-state index contributed by atoms with van der Waals surface area (Å²) in [5, 5.41) is 2.86. The number of hydrogen-bond donors (Lipinski definition) is 1. The minimum Gasteiger partial charge on any atom is -0.445 e. The Morgan fingerprint density at radius 3 is 2.07 bits per heavy atom. The molecule has 0 aromatic heterocycles. The highest BCUT2D eigenvalue weighted by atomic mass is 16.5. The Hall–Kier alpha value is -3.08. The highest BCUT2D eigenvalue weighted by molar-refractivity contribution is 5.87.